The Morgan fingerprint density at radius 2 is 0.837 bits per heavy atom. The molecule has 9 rings (SSSR count). The maximum atomic E-state index is 6.27. The first kappa shape index (κ1) is 28.4. The Labute approximate surface area is 282 Å². The van der Waals surface area contributed by atoms with E-state index >= 15 is 0 Å². The Morgan fingerprint density at radius 1 is 0.347 bits per heavy atom. The van der Waals surface area contributed by atoms with Crippen molar-refractivity contribution in [3.63, 3.8) is 0 Å². The Bertz CT molecular complexity index is 2570. The molecular formula is C43H27N5O. The van der Waals surface area contributed by atoms with Crippen LogP contribution in [0.15, 0.2) is 168 Å². The Kier molecular flexibility index (Phi) is 7.02. The number of pyridine rings is 2. The molecule has 0 bridgehead atoms. The van der Waals surface area contributed by atoms with Gasteiger partial charge in [0.15, 0.2) is 17.5 Å². The predicted octanol–water partition coefficient (Wildman–Crippen LogP) is 10.6. The molecular weight excluding hydrogens is 603 g/mol. The molecule has 6 nitrogen and oxygen atoms in total. The molecule has 5 aromatic carbocycles. The second-order valence-electron chi connectivity index (χ2n) is 11.8. The molecule has 4 heterocycles. The summed E-state index contributed by atoms with van der Waals surface area (Å²) in [6, 6.07) is 51.0. The number of fused-ring (bicyclic) bond motifs is 3. The summed E-state index contributed by atoms with van der Waals surface area (Å²) in [7, 11) is 0. The zero-order chi connectivity index (χ0) is 32.6. The number of nitrogens with zero attached hydrogens (tertiary/aromatic N) is 5. The van der Waals surface area contributed by atoms with Crippen LogP contribution in [0.25, 0.3) is 89.7 Å². The Hall–Kier alpha value is -6.79. The lowest BCUT2D eigenvalue weighted by Gasteiger charge is -2.09. The minimum absolute atomic E-state index is 0.595. The lowest BCUT2D eigenvalue weighted by atomic mass is 10.0. The van der Waals surface area contributed by atoms with Gasteiger partial charge in [-0.15, -0.1) is 0 Å². The van der Waals surface area contributed by atoms with Gasteiger partial charge in [-0.1, -0.05) is 103 Å². The molecule has 0 atom stereocenters. The first-order chi connectivity index (χ1) is 24.2. The minimum atomic E-state index is 0.595. The van der Waals surface area contributed by atoms with E-state index in [4.69, 9.17) is 19.4 Å². The van der Waals surface area contributed by atoms with Gasteiger partial charge in [0.25, 0.3) is 0 Å². The summed E-state index contributed by atoms with van der Waals surface area (Å²) in [4.78, 5) is 24.0. The van der Waals surface area contributed by atoms with E-state index < -0.39 is 0 Å². The van der Waals surface area contributed by atoms with Gasteiger partial charge in [-0.3, -0.25) is 9.97 Å². The Morgan fingerprint density at radius 3 is 1.47 bits per heavy atom. The number of hydrogen-bond acceptors (Lipinski definition) is 6. The molecule has 0 aliphatic carbocycles. The highest BCUT2D eigenvalue weighted by Gasteiger charge is 2.15. The summed E-state index contributed by atoms with van der Waals surface area (Å²) >= 11 is 0. The minimum Gasteiger partial charge on any atom is -0.456 e. The van der Waals surface area contributed by atoms with Gasteiger partial charge in [-0.2, -0.15) is 0 Å². The third-order valence-corrected chi connectivity index (χ3v) is 8.67. The fourth-order valence-corrected chi connectivity index (χ4v) is 6.12. The normalized spacial score (nSPS) is 11.3. The molecule has 0 saturated heterocycles. The molecule has 49 heavy (non-hydrogen) atoms. The lowest BCUT2D eigenvalue weighted by molar-refractivity contribution is 0.669. The monoisotopic (exact) mass is 629 g/mol. The van der Waals surface area contributed by atoms with Gasteiger partial charge >= 0.3 is 0 Å². The predicted molar refractivity (Wildman–Crippen MR) is 195 cm³/mol. The van der Waals surface area contributed by atoms with Crippen molar-refractivity contribution in [2.45, 2.75) is 0 Å². The summed E-state index contributed by atoms with van der Waals surface area (Å²) in [5.41, 5.74) is 10.4. The Balaban J connectivity index is 1.12. The van der Waals surface area contributed by atoms with Crippen LogP contribution in [0.1, 0.15) is 0 Å². The van der Waals surface area contributed by atoms with E-state index in [1.807, 2.05) is 97.2 Å². The average molecular weight is 630 g/mol. The fraction of sp³-hybridized carbons (Fsp3) is 0. The molecule has 0 amide bonds. The molecule has 4 aromatic heterocycles. The molecule has 0 radical (unpaired) electrons. The SMILES string of the molecule is c1ccc(-c2ccc(-c3nc(-c4ccccc4)nc(-c4ccc5oc6ccc(-c7ccc(-c8ccccn8)nc7)cc6c5c4)n3)cc2)cc1. The summed E-state index contributed by atoms with van der Waals surface area (Å²) in [6.07, 6.45) is 3.67. The summed E-state index contributed by atoms with van der Waals surface area (Å²) in [5.74, 6) is 1.83. The zero-order valence-corrected chi connectivity index (χ0v) is 26.2. The highest BCUT2D eigenvalue weighted by atomic mass is 16.3. The van der Waals surface area contributed by atoms with E-state index in [1.54, 1.807) is 6.20 Å². The van der Waals surface area contributed by atoms with Crippen LogP contribution in [0.3, 0.4) is 0 Å². The van der Waals surface area contributed by atoms with Crippen LogP contribution in [0.2, 0.25) is 0 Å². The van der Waals surface area contributed by atoms with E-state index in [-0.39, 0.29) is 0 Å². The van der Waals surface area contributed by atoms with Crippen molar-refractivity contribution in [3.8, 4) is 67.8 Å². The zero-order valence-electron chi connectivity index (χ0n) is 26.2. The van der Waals surface area contributed by atoms with Gasteiger partial charge in [0, 0.05) is 45.4 Å². The first-order valence-corrected chi connectivity index (χ1v) is 16.1. The molecule has 0 saturated carbocycles. The van der Waals surface area contributed by atoms with Crippen molar-refractivity contribution >= 4 is 21.9 Å². The van der Waals surface area contributed by atoms with Gasteiger partial charge in [-0.05, 0) is 65.2 Å². The van der Waals surface area contributed by atoms with E-state index in [9.17, 15) is 0 Å². The van der Waals surface area contributed by atoms with E-state index in [1.165, 1.54) is 0 Å². The van der Waals surface area contributed by atoms with Crippen molar-refractivity contribution < 1.29 is 4.42 Å². The standard InChI is InChI=1S/C43H27N5O/c1-3-9-28(10-4-1)29-14-16-31(17-15-29)42-46-41(30-11-5-2-6-12-30)47-43(48-42)33-20-23-40-36(26-33)35-25-32(19-22-39(35)49-40)34-18-21-38(45-27-34)37-13-7-8-24-44-37/h1-27H. The molecule has 0 aliphatic heterocycles. The van der Waals surface area contributed by atoms with Gasteiger partial charge in [0.2, 0.25) is 0 Å². The molecule has 9 aromatic rings. The quantitative estimate of drug-likeness (QED) is 0.182. The summed E-state index contributed by atoms with van der Waals surface area (Å²) in [6.45, 7) is 0. The van der Waals surface area contributed by atoms with Crippen LogP contribution in [0.4, 0.5) is 0 Å². The fourth-order valence-electron chi connectivity index (χ4n) is 6.12. The van der Waals surface area contributed by atoms with Gasteiger partial charge in [0.05, 0.1) is 11.4 Å². The van der Waals surface area contributed by atoms with Crippen LogP contribution >= 0.6 is 0 Å². The highest BCUT2D eigenvalue weighted by Crippen LogP contribution is 2.35. The second kappa shape index (κ2) is 12.1. The lowest BCUT2D eigenvalue weighted by Crippen LogP contribution is -2.00. The number of benzene rings is 5. The van der Waals surface area contributed by atoms with E-state index in [2.05, 4.69) is 70.6 Å². The van der Waals surface area contributed by atoms with E-state index in [0.717, 1.165) is 72.3 Å². The third kappa shape index (κ3) is 5.51. The van der Waals surface area contributed by atoms with Gasteiger partial charge in [-0.25, -0.2) is 15.0 Å². The maximum absolute atomic E-state index is 6.27. The molecule has 6 heteroatoms. The molecule has 0 N–H and O–H groups in total. The topological polar surface area (TPSA) is 77.6 Å². The van der Waals surface area contributed by atoms with Crippen molar-refractivity contribution in [2.24, 2.45) is 0 Å². The van der Waals surface area contributed by atoms with Crippen LogP contribution in [-0.2, 0) is 0 Å². The van der Waals surface area contributed by atoms with Crippen molar-refractivity contribution in [3.05, 3.63) is 164 Å². The summed E-state index contributed by atoms with van der Waals surface area (Å²) in [5, 5.41) is 2.00. The molecule has 0 aliphatic rings. The number of rotatable bonds is 6. The van der Waals surface area contributed by atoms with Crippen LogP contribution in [0, 0.1) is 0 Å². The van der Waals surface area contributed by atoms with Crippen LogP contribution in [0.5, 0.6) is 0 Å². The van der Waals surface area contributed by atoms with Crippen molar-refractivity contribution in [2.75, 3.05) is 0 Å². The van der Waals surface area contributed by atoms with Crippen LogP contribution in [-0.4, -0.2) is 24.9 Å². The number of aromatic nitrogens is 5. The average Bonchev–Trinajstić information content (AvgIpc) is 3.56. The number of hydrogen-bond donors (Lipinski definition) is 0. The van der Waals surface area contributed by atoms with Crippen molar-refractivity contribution in [1.82, 2.24) is 24.9 Å². The molecule has 0 unspecified atom stereocenters. The third-order valence-electron chi connectivity index (χ3n) is 8.67. The van der Waals surface area contributed by atoms with Crippen molar-refractivity contribution in [1.29, 1.82) is 0 Å². The van der Waals surface area contributed by atoms with E-state index in [0.29, 0.717) is 17.5 Å². The molecule has 0 fully saturated rings. The number of furan rings is 1. The highest BCUT2D eigenvalue weighted by molar-refractivity contribution is 6.07. The molecule has 0 spiro atoms. The van der Waals surface area contributed by atoms with Gasteiger partial charge < -0.3 is 4.42 Å². The first-order valence-electron chi connectivity index (χ1n) is 16.1. The maximum Gasteiger partial charge on any atom is 0.164 e. The van der Waals surface area contributed by atoms with Gasteiger partial charge in [0.1, 0.15) is 11.2 Å². The summed E-state index contributed by atoms with van der Waals surface area (Å²) < 4.78 is 6.27. The second-order valence-corrected chi connectivity index (χ2v) is 11.8. The smallest absolute Gasteiger partial charge is 0.164 e. The molecule has 230 valence electrons. The van der Waals surface area contributed by atoms with Crippen LogP contribution < -0.4 is 0 Å². The largest absolute Gasteiger partial charge is 0.456 e.